The number of hydrogen-bond donors (Lipinski definition) is 0. The number of nitro benzene ring substituents is 1. The SMILES string of the molecule is Cc1ccc(C=CC(=O)OCc2ccc([N+](=O)[O-])cc2)o1. The van der Waals surface area contributed by atoms with Gasteiger partial charge in [0, 0.05) is 18.2 Å². The lowest BCUT2D eigenvalue weighted by Gasteiger charge is -2.01. The number of rotatable bonds is 5. The number of non-ortho nitro benzene ring substituents is 1. The first-order chi connectivity index (χ1) is 10.0. The summed E-state index contributed by atoms with van der Waals surface area (Å²) in [4.78, 5) is 21.5. The maximum atomic E-state index is 11.5. The molecular weight excluding hydrogens is 274 g/mol. The summed E-state index contributed by atoms with van der Waals surface area (Å²) in [5, 5.41) is 10.5. The minimum atomic E-state index is -0.512. The number of ether oxygens (including phenoxy) is 1. The zero-order valence-electron chi connectivity index (χ0n) is 11.3. The third-order valence-electron chi connectivity index (χ3n) is 2.67. The van der Waals surface area contributed by atoms with Gasteiger partial charge in [-0.25, -0.2) is 4.79 Å². The van der Waals surface area contributed by atoms with Crippen molar-refractivity contribution in [3.05, 3.63) is 69.7 Å². The standard InChI is InChI=1S/C15H13NO5/c1-11-2-7-14(21-11)8-9-15(17)20-10-12-3-5-13(6-4-12)16(18)19/h2-9H,10H2,1H3. The number of aryl methyl sites for hydroxylation is 1. The lowest BCUT2D eigenvalue weighted by atomic mass is 10.2. The fourth-order valence-electron chi connectivity index (χ4n) is 1.61. The van der Waals surface area contributed by atoms with Gasteiger partial charge in [0.05, 0.1) is 4.92 Å². The van der Waals surface area contributed by atoms with Gasteiger partial charge in [-0.2, -0.15) is 0 Å². The molecule has 0 saturated heterocycles. The Morgan fingerprint density at radius 2 is 2.00 bits per heavy atom. The Bertz CT molecular complexity index is 670. The van der Waals surface area contributed by atoms with E-state index < -0.39 is 10.9 Å². The van der Waals surface area contributed by atoms with Crippen LogP contribution < -0.4 is 0 Å². The molecule has 0 saturated carbocycles. The van der Waals surface area contributed by atoms with E-state index in [2.05, 4.69) is 0 Å². The van der Waals surface area contributed by atoms with Gasteiger partial charge < -0.3 is 9.15 Å². The Morgan fingerprint density at radius 3 is 2.57 bits per heavy atom. The third-order valence-corrected chi connectivity index (χ3v) is 2.67. The van der Waals surface area contributed by atoms with E-state index >= 15 is 0 Å². The van der Waals surface area contributed by atoms with E-state index in [9.17, 15) is 14.9 Å². The first-order valence-corrected chi connectivity index (χ1v) is 6.19. The predicted octanol–water partition coefficient (Wildman–Crippen LogP) is 3.25. The molecule has 0 aliphatic rings. The van der Waals surface area contributed by atoms with E-state index in [1.165, 1.54) is 24.3 Å². The fraction of sp³-hybridized carbons (Fsp3) is 0.133. The van der Waals surface area contributed by atoms with Crippen LogP contribution in [0.15, 0.2) is 46.9 Å². The van der Waals surface area contributed by atoms with Crippen molar-refractivity contribution in [1.82, 2.24) is 0 Å². The van der Waals surface area contributed by atoms with Gasteiger partial charge in [-0.05, 0) is 42.8 Å². The van der Waals surface area contributed by atoms with Crippen LogP contribution in [-0.4, -0.2) is 10.9 Å². The number of esters is 1. The topological polar surface area (TPSA) is 82.6 Å². The summed E-state index contributed by atoms with van der Waals surface area (Å²) in [7, 11) is 0. The average molecular weight is 287 g/mol. The summed E-state index contributed by atoms with van der Waals surface area (Å²) in [6.07, 6.45) is 2.79. The Kier molecular flexibility index (Phi) is 4.50. The van der Waals surface area contributed by atoms with E-state index in [4.69, 9.17) is 9.15 Å². The van der Waals surface area contributed by atoms with Gasteiger partial charge in [-0.3, -0.25) is 10.1 Å². The second-order valence-corrected chi connectivity index (χ2v) is 4.31. The van der Waals surface area contributed by atoms with Gasteiger partial charge in [0.15, 0.2) is 0 Å². The molecule has 0 fully saturated rings. The van der Waals surface area contributed by atoms with Crippen LogP contribution in [0, 0.1) is 17.0 Å². The van der Waals surface area contributed by atoms with Gasteiger partial charge in [-0.15, -0.1) is 0 Å². The lowest BCUT2D eigenvalue weighted by molar-refractivity contribution is -0.384. The molecule has 0 spiro atoms. The Hall–Kier alpha value is -2.89. The normalized spacial score (nSPS) is 10.7. The molecule has 2 rings (SSSR count). The molecule has 1 aromatic heterocycles. The second kappa shape index (κ2) is 6.51. The van der Waals surface area contributed by atoms with Crippen molar-refractivity contribution in [2.24, 2.45) is 0 Å². The van der Waals surface area contributed by atoms with Crippen molar-refractivity contribution < 1.29 is 18.9 Å². The third kappa shape index (κ3) is 4.31. The van der Waals surface area contributed by atoms with Crippen LogP contribution in [0.5, 0.6) is 0 Å². The van der Waals surface area contributed by atoms with Crippen molar-refractivity contribution in [3.8, 4) is 0 Å². The molecule has 6 nitrogen and oxygen atoms in total. The highest BCUT2D eigenvalue weighted by molar-refractivity contribution is 5.86. The van der Waals surface area contributed by atoms with Crippen molar-refractivity contribution >= 4 is 17.7 Å². The maximum Gasteiger partial charge on any atom is 0.331 e. The molecule has 0 aliphatic heterocycles. The smallest absolute Gasteiger partial charge is 0.331 e. The highest BCUT2D eigenvalue weighted by atomic mass is 16.6. The molecule has 1 heterocycles. The molecule has 108 valence electrons. The zero-order valence-corrected chi connectivity index (χ0v) is 11.3. The molecule has 0 radical (unpaired) electrons. The van der Waals surface area contributed by atoms with Crippen LogP contribution in [0.25, 0.3) is 6.08 Å². The van der Waals surface area contributed by atoms with E-state index in [0.717, 1.165) is 5.76 Å². The Balaban J connectivity index is 1.86. The molecule has 0 unspecified atom stereocenters. The highest BCUT2D eigenvalue weighted by Gasteiger charge is 2.05. The van der Waals surface area contributed by atoms with Crippen molar-refractivity contribution in [2.45, 2.75) is 13.5 Å². The summed E-state index contributed by atoms with van der Waals surface area (Å²) < 4.78 is 10.3. The molecule has 1 aromatic carbocycles. The van der Waals surface area contributed by atoms with Gasteiger partial charge in [0.2, 0.25) is 0 Å². The van der Waals surface area contributed by atoms with Gasteiger partial charge in [0.25, 0.3) is 5.69 Å². The summed E-state index contributed by atoms with van der Waals surface area (Å²) in [5.74, 6) is 0.816. The predicted molar refractivity (Wildman–Crippen MR) is 75.4 cm³/mol. The zero-order chi connectivity index (χ0) is 15.2. The number of nitro groups is 1. The van der Waals surface area contributed by atoms with Crippen LogP contribution in [0.3, 0.4) is 0 Å². The number of nitrogens with zero attached hydrogens (tertiary/aromatic N) is 1. The van der Waals surface area contributed by atoms with Crippen LogP contribution in [-0.2, 0) is 16.1 Å². The van der Waals surface area contributed by atoms with E-state index in [1.54, 1.807) is 24.3 Å². The van der Waals surface area contributed by atoms with Crippen molar-refractivity contribution in [3.63, 3.8) is 0 Å². The molecule has 2 aromatic rings. The number of benzene rings is 1. The number of carbonyl (C=O) groups excluding carboxylic acids is 1. The average Bonchev–Trinajstić information content (AvgIpc) is 2.89. The van der Waals surface area contributed by atoms with Crippen LogP contribution >= 0.6 is 0 Å². The summed E-state index contributed by atoms with van der Waals surface area (Å²) >= 11 is 0. The van der Waals surface area contributed by atoms with E-state index in [0.29, 0.717) is 11.3 Å². The Labute approximate surface area is 120 Å². The van der Waals surface area contributed by atoms with Crippen LogP contribution in [0.4, 0.5) is 5.69 Å². The van der Waals surface area contributed by atoms with Crippen molar-refractivity contribution in [1.29, 1.82) is 0 Å². The number of furan rings is 1. The van der Waals surface area contributed by atoms with E-state index in [1.807, 2.05) is 6.92 Å². The second-order valence-electron chi connectivity index (χ2n) is 4.31. The molecule has 0 bridgehead atoms. The fourth-order valence-corrected chi connectivity index (χ4v) is 1.61. The molecule has 0 N–H and O–H groups in total. The van der Waals surface area contributed by atoms with Crippen LogP contribution in [0.1, 0.15) is 17.1 Å². The highest BCUT2D eigenvalue weighted by Crippen LogP contribution is 2.13. The minimum absolute atomic E-state index is 0.00170. The van der Waals surface area contributed by atoms with Gasteiger partial charge >= 0.3 is 5.97 Å². The minimum Gasteiger partial charge on any atom is -0.462 e. The molecule has 0 atom stereocenters. The molecule has 0 aliphatic carbocycles. The molecule has 21 heavy (non-hydrogen) atoms. The first kappa shape index (κ1) is 14.5. The first-order valence-electron chi connectivity index (χ1n) is 6.19. The maximum absolute atomic E-state index is 11.5. The monoisotopic (exact) mass is 287 g/mol. The molecular formula is C15H13NO5. The largest absolute Gasteiger partial charge is 0.462 e. The molecule has 6 heteroatoms. The lowest BCUT2D eigenvalue weighted by Crippen LogP contribution is -2.00. The quantitative estimate of drug-likeness (QED) is 0.365. The summed E-state index contributed by atoms with van der Waals surface area (Å²) in [6.45, 7) is 1.86. The molecule has 0 amide bonds. The number of carbonyl (C=O) groups is 1. The van der Waals surface area contributed by atoms with E-state index in [-0.39, 0.29) is 12.3 Å². The summed E-state index contributed by atoms with van der Waals surface area (Å²) in [6, 6.07) is 9.36. The number of hydrogen-bond acceptors (Lipinski definition) is 5. The van der Waals surface area contributed by atoms with Crippen LogP contribution in [0.2, 0.25) is 0 Å². The summed E-state index contributed by atoms with van der Waals surface area (Å²) in [5.41, 5.74) is 0.675. The van der Waals surface area contributed by atoms with Crippen molar-refractivity contribution in [2.75, 3.05) is 0 Å². The van der Waals surface area contributed by atoms with Gasteiger partial charge in [0.1, 0.15) is 18.1 Å². The van der Waals surface area contributed by atoms with Gasteiger partial charge in [-0.1, -0.05) is 0 Å². The Morgan fingerprint density at radius 1 is 1.29 bits per heavy atom.